The van der Waals surface area contributed by atoms with E-state index >= 15 is 0 Å². The highest BCUT2D eigenvalue weighted by Crippen LogP contribution is 2.53. The summed E-state index contributed by atoms with van der Waals surface area (Å²) in [5.41, 5.74) is 0.649. The summed E-state index contributed by atoms with van der Waals surface area (Å²) >= 11 is 1.54. The van der Waals surface area contributed by atoms with Gasteiger partial charge in [0.15, 0.2) is 0 Å². The van der Waals surface area contributed by atoms with Crippen molar-refractivity contribution in [1.29, 1.82) is 0 Å². The number of aromatic nitrogens is 1. The van der Waals surface area contributed by atoms with Crippen LogP contribution in [0.3, 0.4) is 0 Å². The quantitative estimate of drug-likeness (QED) is 0.723. The van der Waals surface area contributed by atoms with Crippen LogP contribution < -0.4 is 4.90 Å². The standard InChI is InChI=1S/C21H20FN3O3S/c1-12-23-14(10-29-12)9-24(2)19(26)17-16-7-8-21(28-16)11-25(20(27)18(17)21)15-5-3-13(22)4-6-15/h3-8,10,16-18H,9,11H2,1-2H3. The summed E-state index contributed by atoms with van der Waals surface area (Å²) in [5, 5.41) is 2.89. The van der Waals surface area contributed by atoms with E-state index in [1.165, 1.54) is 12.1 Å². The molecule has 2 aromatic rings. The van der Waals surface area contributed by atoms with Crippen molar-refractivity contribution in [2.24, 2.45) is 11.8 Å². The van der Waals surface area contributed by atoms with Crippen molar-refractivity contribution in [2.75, 3.05) is 18.5 Å². The van der Waals surface area contributed by atoms with Crippen molar-refractivity contribution in [3.8, 4) is 0 Å². The van der Waals surface area contributed by atoms with Gasteiger partial charge in [0, 0.05) is 18.1 Å². The molecule has 0 aliphatic carbocycles. The van der Waals surface area contributed by atoms with E-state index in [4.69, 9.17) is 4.74 Å². The first-order valence-electron chi connectivity index (χ1n) is 9.48. The molecule has 3 aliphatic heterocycles. The van der Waals surface area contributed by atoms with E-state index in [0.29, 0.717) is 18.8 Å². The lowest BCUT2D eigenvalue weighted by molar-refractivity contribution is -0.139. The smallest absolute Gasteiger partial charge is 0.234 e. The molecule has 2 bridgehead atoms. The van der Waals surface area contributed by atoms with Crippen molar-refractivity contribution >= 4 is 28.8 Å². The topological polar surface area (TPSA) is 62.7 Å². The molecule has 3 aliphatic rings. The molecule has 5 rings (SSSR count). The Hall–Kier alpha value is -2.58. The summed E-state index contributed by atoms with van der Waals surface area (Å²) in [7, 11) is 1.73. The zero-order chi connectivity index (χ0) is 20.3. The Morgan fingerprint density at radius 2 is 2.17 bits per heavy atom. The Balaban J connectivity index is 1.41. The molecule has 2 amide bonds. The van der Waals surface area contributed by atoms with Crippen LogP contribution in [0.25, 0.3) is 0 Å². The van der Waals surface area contributed by atoms with Gasteiger partial charge in [0.2, 0.25) is 11.8 Å². The van der Waals surface area contributed by atoms with Crippen molar-refractivity contribution in [3.05, 3.63) is 58.3 Å². The van der Waals surface area contributed by atoms with Gasteiger partial charge in [-0.2, -0.15) is 0 Å². The van der Waals surface area contributed by atoms with Crippen molar-refractivity contribution in [2.45, 2.75) is 25.2 Å². The van der Waals surface area contributed by atoms with Crippen molar-refractivity contribution < 1.29 is 18.7 Å². The average molecular weight is 413 g/mol. The molecule has 1 aromatic heterocycles. The minimum absolute atomic E-state index is 0.119. The van der Waals surface area contributed by atoms with Gasteiger partial charge in [0.25, 0.3) is 0 Å². The first kappa shape index (κ1) is 18.4. The van der Waals surface area contributed by atoms with E-state index in [0.717, 1.165) is 10.7 Å². The van der Waals surface area contributed by atoms with Gasteiger partial charge >= 0.3 is 0 Å². The number of thiazole rings is 1. The first-order chi connectivity index (χ1) is 13.9. The SMILES string of the molecule is Cc1nc(CN(C)C(=O)C2C3C=CC4(CN(c5ccc(F)cc5)C(=O)C24)O3)cs1. The van der Waals surface area contributed by atoms with Crippen LogP contribution in [0.1, 0.15) is 10.7 Å². The summed E-state index contributed by atoms with van der Waals surface area (Å²) in [6.07, 6.45) is 3.41. The molecule has 2 saturated heterocycles. The lowest BCUT2D eigenvalue weighted by atomic mass is 9.76. The maximum absolute atomic E-state index is 13.3. The number of fused-ring (bicyclic) bond motifs is 1. The third-order valence-corrected chi connectivity index (χ3v) is 6.79. The normalized spacial score (nSPS) is 29.6. The maximum atomic E-state index is 13.3. The number of benzene rings is 1. The Morgan fingerprint density at radius 1 is 1.41 bits per heavy atom. The lowest BCUT2D eigenvalue weighted by Gasteiger charge is -2.27. The summed E-state index contributed by atoms with van der Waals surface area (Å²) in [6, 6.07) is 5.81. The molecule has 4 heterocycles. The second-order valence-electron chi connectivity index (χ2n) is 7.85. The zero-order valence-corrected chi connectivity index (χ0v) is 16.9. The second kappa shape index (κ2) is 6.47. The maximum Gasteiger partial charge on any atom is 0.234 e. The van der Waals surface area contributed by atoms with Crippen LogP contribution in [-0.4, -0.2) is 47.0 Å². The summed E-state index contributed by atoms with van der Waals surface area (Å²) in [6.45, 7) is 2.65. The molecule has 150 valence electrons. The molecule has 8 heteroatoms. The fraction of sp³-hybridized carbons (Fsp3) is 0.381. The Bertz CT molecular complexity index is 1020. The lowest BCUT2D eigenvalue weighted by Crippen LogP contribution is -2.44. The molecule has 0 saturated carbocycles. The van der Waals surface area contributed by atoms with Crippen LogP contribution in [0.4, 0.5) is 10.1 Å². The van der Waals surface area contributed by atoms with E-state index in [-0.39, 0.29) is 17.6 Å². The van der Waals surface area contributed by atoms with E-state index < -0.39 is 23.5 Å². The molecule has 2 fully saturated rings. The zero-order valence-electron chi connectivity index (χ0n) is 16.0. The van der Waals surface area contributed by atoms with Gasteiger partial charge in [-0.25, -0.2) is 9.37 Å². The van der Waals surface area contributed by atoms with Gasteiger partial charge in [-0.3, -0.25) is 9.59 Å². The highest BCUT2D eigenvalue weighted by atomic mass is 32.1. The van der Waals surface area contributed by atoms with Crippen LogP contribution in [0.5, 0.6) is 0 Å². The number of carbonyl (C=O) groups excluding carboxylic acids is 2. The molecule has 4 unspecified atom stereocenters. The van der Waals surface area contributed by atoms with Crippen LogP contribution in [0, 0.1) is 24.6 Å². The Labute approximate surface area is 171 Å². The predicted molar refractivity (Wildman–Crippen MR) is 106 cm³/mol. The summed E-state index contributed by atoms with van der Waals surface area (Å²) in [5.74, 6) is -1.77. The van der Waals surface area contributed by atoms with Crippen LogP contribution >= 0.6 is 11.3 Å². The van der Waals surface area contributed by atoms with E-state index in [9.17, 15) is 14.0 Å². The van der Waals surface area contributed by atoms with Crippen molar-refractivity contribution in [1.82, 2.24) is 9.88 Å². The monoisotopic (exact) mass is 413 g/mol. The van der Waals surface area contributed by atoms with E-state index in [1.54, 1.807) is 40.3 Å². The molecule has 29 heavy (non-hydrogen) atoms. The van der Waals surface area contributed by atoms with Crippen molar-refractivity contribution in [3.63, 3.8) is 0 Å². The van der Waals surface area contributed by atoms with Crippen LogP contribution in [-0.2, 0) is 20.9 Å². The van der Waals surface area contributed by atoms with Gasteiger partial charge < -0.3 is 14.5 Å². The van der Waals surface area contributed by atoms with Gasteiger partial charge in [-0.05, 0) is 31.2 Å². The molecule has 4 atom stereocenters. The number of rotatable bonds is 4. The average Bonchev–Trinajstić information content (AvgIpc) is 3.43. The number of aryl methyl sites for hydroxylation is 1. The highest BCUT2D eigenvalue weighted by molar-refractivity contribution is 7.09. The molecule has 0 radical (unpaired) electrons. The Kier molecular flexibility index (Phi) is 4.11. The molecule has 1 spiro atoms. The minimum Gasteiger partial charge on any atom is -0.360 e. The number of carbonyl (C=O) groups is 2. The number of hydrogen-bond acceptors (Lipinski definition) is 5. The number of ether oxygens (including phenoxy) is 1. The highest BCUT2D eigenvalue weighted by Gasteiger charge is 2.67. The molecular formula is C21H20FN3O3S. The number of nitrogens with zero attached hydrogens (tertiary/aromatic N) is 3. The van der Waals surface area contributed by atoms with E-state index in [2.05, 4.69) is 4.98 Å². The molecule has 1 aromatic carbocycles. The fourth-order valence-corrected chi connectivity index (χ4v) is 5.28. The largest absolute Gasteiger partial charge is 0.360 e. The molecular weight excluding hydrogens is 393 g/mol. The van der Waals surface area contributed by atoms with Gasteiger partial charge in [0.1, 0.15) is 11.4 Å². The summed E-state index contributed by atoms with van der Waals surface area (Å²) in [4.78, 5) is 34.2. The van der Waals surface area contributed by atoms with Gasteiger partial charge in [-0.1, -0.05) is 12.2 Å². The predicted octanol–water partition coefficient (Wildman–Crippen LogP) is 2.54. The summed E-state index contributed by atoms with van der Waals surface area (Å²) < 4.78 is 19.5. The van der Waals surface area contributed by atoms with Gasteiger partial charge in [0.05, 0.1) is 41.7 Å². The molecule has 6 nitrogen and oxygen atoms in total. The van der Waals surface area contributed by atoms with E-state index in [1.807, 2.05) is 24.5 Å². The number of amides is 2. The van der Waals surface area contributed by atoms with Gasteiger partial charge in [-0.15, -0.1) is 11.3 Å². The van der Waals surface area contributed by atoms with Crippen LogP contribution in [0.15, 0.2) is 41.8 Å². The third kappa shape index (κ3) is 2.81. The first-order valence-corrected chi connectivity index (χ1v) is 10.4. The fourth-order valence-electron chi connectivity index (χ4n) is 4.68. The number of anilines is 1. The van der Waals surface area contributed by atoms with Crippen LogP contribution in [0.2, 0.25) is 0 Å². The number of hydrogen-bond donors (Lipinski definition) is 0. The number of halogens is 1. The third-order valence-electron chi connectivity index (χ3n) is 5.97. The second-order valence-corrected chi connectivity index (χ2v) is 8.92. The molecule has 0 N–H and O–H groups in total. The minimum atomic E-state index is -0.797. The Morgan fingerprint density at radius 3 is 2.86 bits per heavy atom.